The van der Waals surface area contributed by atoms with Crippen molar-refractivity contribution < 1.29 is 19.4 Å². The van der Waals surface area contributed by atoms with Crippen LogP contribution in [0, 0.1) is 0 Å². The first-order valence-electron chi connectivity index (χ1n) is 4.45. The van der Waals surface area contributed by atoms with Crippen LogP contribution in [-0.4, -0.2) is 34.6 Å². The molecule has 80 valence electrons. The van der Waals surface area contributed by atoms with Crippen LogP contribution in [0.4, 0.5) is 0 Å². The Labute approximate surface area is 86.7 Å². The van der Waals surface area contributed by atoms with Crippen molar-refractivity contribution in [2.24, 2.45) is 0 Å². The van der Waals surface area contributed by atoms with Crippen molar-refractivity contribution in [3.05, 3.63) is 30.1 Å². The molecule has 0 saturated heterocycles. The molecule has 5 heteroatoms. The fraction of sp³-hybridized carbons (Fsp3) is 0.300. The number of hydrogen-bond donors (Lipinski definition) is 1. The van der Waals surface area contributed by atoms with Gasteiger partial charge < -0.3 is 9.84 Å². The molecule has 0 aliphatic rings. The molecule has 1 N–H and O–H groups in total. The lowest BCUT2D eigenvalue weighted by Crippen LogP contribution is -2.31. The van der Waals surface area contributed by atoms with Gasteiger partial charge in [0.05, 0.1) is 6.61 Å². The summed E-state index contributed by atoms with van der Waals surface area (Å²) in [4.78, 5) is 26.2. The molecule has 1 aromatic rings. The lowest BCUT2D eigenvalue weighted by Gasteiger charge is -2.07. The average molecular weight is 209 g/mol. The smallest absolute Gasteiger partial charge is 0.343 e. The molecule has 0 saturated carbocycles. The van der Waals surface area contributed by atoms with Crippen molar-refractivity contribution in [1.82, 2.24) is 4.98 Å². The molecule has 1 heterocycles. The van der Waals surface area contributed by atoms with Crippen LogP contribution in [0.5, 0.6) is 0 Å². The zero-order chi connectivity index (χ0) is 11.3. The van der Waals surface area contributed by atoms with E-state index >= 15 is 0 Å². The van der Waals surface area contributed by atoms with Crippen LogP contribution >= 0.6 is 0 Å². The monoisotopic (exact) mass is 209 g/mol. The third-order valence-electron chi connectivity index (χ3n) is 1.70. The van der Waals surface area contributed by atoms with Crippen molar-refractivity contribution >= 4 is 11.8 Å². The number of carbonyl (C=O) groups excluding carboxylic acids is 2. The van der Waals surface area contributed by atoms with E-state index in [1.165, 1.54) is 18.5 Å². The number of aliphatic hydroxyl groups is 1. The Hall–Kier alpha value is -1.75. The van der Waals surface area contributed by atoms with Gasteiger partial charge >= 0.3 is 5.97 Å². The zero-order valence-electron chi connectivity index (χ0n) is 8.21. The second kappa shape index (κ2) is 5.21. The molecule has 1 atom stereocenters. The first-order chi connectivity index (χ1) is 7.16. The maximum atomic E-state index is 11.5. The third-order valence-corrected chi connectivity index (χ3v) is 1.70. The van der Waals surface area contributed by atoms with Crippen molar-refractivity contribution in [3.63, 3.8) is 0 Å². The number of hydrogen-bond acceptors (Lipinski definition) is 5. The molecule has 0 amide bonds. The fourth-order valence-corrected chi connectivity index (χ4v) is 0.995. The molecule has 0 fully saturated rings. The predicted molar refractivity (Wildman–Crippen MR) is 51.2 cm³/mol. The van der Waals surface area contributed by atoms with Crippen LogP contribution in [0.25, 0.3) is 0 Å². The van der Waals surface area contributed by atoms with Gasteiger partial charge in [-0.05, 0) is 19.1 Å². The Balaban J connectivity index is 2.73. The van der Waals surface area contributed by atoms with E-state index in [1.807, 2.05) is 0 Å². The SMILES string of the molecule is CCOC(=O)[C@H](O)C(=O)c1cccnc1. The van der Waals surface area contributed by atoms with Gasteiger partial charge in [-0.25, -0.2) is 4.79 Å². The highest BCUT2D eigenvalue weighted by Gasteiger charge is 2.26. The van der Waals surface area contributed by atoms with Gasteiger partial charge in [0.2, 0.25) is 11.9 Å². The maximum absolute atomic E-state index is 11.5. The Kier molecular flexibility index (Phi) is 3.93. The second-order valence-corrected chi connectivity index (χ2v) is 2.76. The highest BCUT2D eigenvalue weighted by Crippen LogP contribution is 2.03. The van der Waals surface area contributed by atoms with Crippen LogP contribution < -0.4 is 0 Å². The Morgan fingerprint density at radius 2 is 2.33 bits per heavy atom. The van der Waals surface area contributed by atoms with Gasteiger partial charge in [-0.1, -0.05) is 0 Å². The summed E-state index contributed by atoms with van der Waals surface area (Å²) in [6, 6.07) is 3.02. The Bertz CT molecular complexity index is 350. The van der Waals surface area contributed by atoms with Crippen molar-refractivity contribution in [3.8, 4) is 0 Å². The molecule has 0 aliphatic carbocycles. The number of nitrogens with zero attached hydrogens (tertiary/aromatic N) is 1. The van der Waals surface area contributed by atoms with Crippen LogP contribution in [0.2, 0.25) is 0 Å². The number of carbonyl (C=O) groups is 2. The standard InChI is InChI=1S/C10H11NO4/c1-2-15-10(14)9(13)8(12)7-4-3-5-11-6-7/h3-6,9,13H,2H2,1H3/t9-/m1/s1. The molecule has 0 unspecified atom stereocenters. The third kappa shape index (κ3) is 2.85. The summed E-state index contributed by atoms with van der Waals surface area (Å²) in [7, 11) is 0. The van der Waals surface area contributed by atoms with Crippen molar-refractivity contribution in [1.29, 1.82) is 0 Å². The molecule has 1 rings (SSSR count). The van der Waals surface area contributed by atoms with E-state index in [4.69, 9.17) is 0 Å². The topological polar surface area (TPSA) is 76.5 Å². The number of rotatable bonds is 4. The van der Waals surface area contributed by atoms with Gasteiger partial charge in [0.1, 0.15) is 0 Å². The van der Waals surface area contributed by atoms with Gasteiger partial charge in [0.25, 0.3) is 0 Å². The summed E-state index contributed by atoms with van der Waals surface area (Å²) in [6.07, 6.45) is 1.01. The Morgan fingerprint density at radius 1 is 1.60 bits per heavy atom. The maximum Gasteiger partial charge on any atom is 0.343 e. The van der Waals surface area contributed by atoms with Crippen LogP contribution in [-0.2, 0) is 9.53 Å². The molecule has 0 aromatic carbocycles. The van der Waals surface area contributed by atoms with E-state index < -0.39 is 17.9 Å². The van der Waals surface area contributed by atoms with Gasteiger partial charge in [-0.3, -0.25) is 9.78 Å². The summed E-state index contributed by atoms with van der Waals surface area (Å²) in [5.74, 6) is -1.65. The lowest BCUT2D eigenvalue weighted by molar-refractivity contribution is -0.150. The minimum absolute atomic E-state index is 0.121. The highest BCUT2D eigenvalue weighted by atomic mass is 16.5. The van der Waals surface area contributed by atoms with Crippen LogP contribution in [0.3, 0.4) is 0 Å². The van der Waals surface area contributed by atoms with E-state index in [1.54, 1.807) is 13.0 Å². The number of Topliss-reactive ketones (excluding diaryl/α,β-unsaturated/α-hetero) is 1. The molecule has 0 spiro atoms. The quantitative estimate of drug-likeness (QED) is 0.435. The molecule has 5 nitrogen and oxygen atoms in total. The Morgan fingerprint density at radius 3 is 2.87 bits per heavy atom. The molecule has 0 bridgehead atoms. The lowest BCUT2D eigenvalue weighted by atomic mass is 10.1. The molecule has 0 aliphatic heterocycles. The zero-order valence-corrected chi connectivity index (χ0v) is 8.21. The summed E-state index contributed by atoms with van der Waals surface area (Å²) < 4.78 is 4.52. The molecular weight excluding hydrogens is 198 g/mol. The fourth-order valence-electron chi connectivity index (χ4n) is 0.995. The molecule has 15 heavy (non-hydrogen) atoms. The van der Waals surface area contributed by atoms with Gasteiger partial charge in [0.15, 0.2) is 0 Å². The summed E-state index contributed by atoms with van der Waals surface area (Å²) in [5.41, 5.74) is 0.179. The van der Waals surface area contributed by atoms with E-state index in [9.17, 15) is 14.7 Å². The van der Waals surface area contributed by atoms with Crippen LogP contribution in [0.15, 0.2) is 24.5 Å². The summed E-state index contributed by atoms with van der Waals surface area (Å²) >= 11 is 0. The van der Waals surface area contributed by atoms with Gasteiger partial charge in [-0.2, -0.15) is 0 Å². The van der Waals surface area contributed by atoms with Gasteiger partial charge in [-0.15, -0.1) is 0 Å². The number of ketones is 1. The minimum atomic E-state index is -1.77. The number of ether oxygens (including phenoxy) is 1. The summed E-state index contributed by atoms with van der Waals surface area (Å²) in [6.45, 7) is 1.72. The van der Waals surface area contributed by atoms with E-state index in [0.29, 0.717) is 0 Å². The summed E-state index contributed by atoms with van der Waals surface area (Å²) in [5, 5.41) is 9.32. The number of esters is 1. The number of pyridine rings is 1. The number of aromatic nitrogens is 1. The van der Waals surface area contributed by atoms with E-state index in [2.05, 4.69) is 9.72 Å². The van der Waals surface area contributed by atoms with Crippen molar-refractivity contribution in [2.45, 2.75) is 13.0 Å². The normalized spacial score (nSPS) is 11.9. The molecular formula is C10H11NO4. The van der Waals surface area contributed by atoms with Gasteiger partial charge in [0, 0.05) is 18.0 Å². The molecule has 0 radical (unpaired) electrons. The average Bonchev–Trinajstić information content (AvgIpc) is 2.28. The van der Waals surface area contributed by atoms with Crippen molar-refractivity contribution in [2.75, 3.05) is 6.61 Å². The highest BCUT2D eigenvalue weighted by molar-refractivity contribution is 6.10. The first kappa shape index (κ1) is 11.3. The first-order valence-corrected chi connectivity index (χ1v) is 4.45. The van der Waals surface area contributed by atoms with E-state index in [-0.39, 0.29) is 12.2 Å². The second-order valence-electron chi connectivity index (χ2n) is 2.76. The van der Waals surface area contributed by atoms with Crippen LogP contribution in [0.1, 0.15) is 17.3 Å². The number of aliphatic hydroxyl groups excluding tert-OH is 1. The molecule has 1 aromatic heterocycles. The minimum Gasteiger partial charge on any atom is -0.464 e. The predicted octanol–water partition coefficient (Wildman–Crippen LogP) is 0.188. The van der Waals surface area contributed by atoms with E-state index in [0.717, 1.165) is 0 Å². The largest absolute Gasteiger partial charge is 0.464 e.